The summed E-state index contributed by atoms with van der Waals surface area (Å²) in [5.74, 6) is 2.27. The van der Waals surface area contributed by atoms with E-state index in [0.29, 0.717) is 10.7 Å². The van der Waals surface area contributed by atoms with Crippen molar-refractivity contribution >= 4 is 22.0 Å². The number of urea groups is 1. The first-order valence-electron chi connectivity index (χ1n) is 5.83. The minimum Gasteiger partial charge on any atom is -0.350 e. The molecule has 0 aromatic rings. The first-order chi connectivity index (χ1) is 7.65. The fourth-order valence-corrected chi connectivity index (χ4v) is 4.53. The van der Waals surface area contributed by atoms with Crippen LogP contribution < -0.4 is 16.6 Å². The molecule has 4 N–H and O–H groups in total. The zero-order valence-corrected chi connectivity index (χ0v) is 10.6. The molecule has 16 heavy (non-hydrogen) atoms. The quantitative estimate of drug-likeness (QED) is 0.533. The zero-order chi connectivity index (χ0) is 11.3. The fraction of sp³-hybridized carbons (Fsp3) is 0.727. The maximum absolute atomic E-state index is 10.7. The molecule has 4 nitrogen and oxygen atoms in total. The van der Waals surface area contributed by atoms with Crippen LogP contribution in [0.4, 0.5) is 4.79 Å². The second-order valence-electron chi connectivity index (χ2n) is 5.19. The lowest BCUT2D eigenvalue weighted by atomic mass is 9.60. The molecular formula is C11H16BrN3O. The van der Waals surface area contributed by atoms with E-state index >= 15 is 0 Å². The monoisotopic (exact) mass is 285 g/mol. The maximum Gasteiger partial charge on any atom is 0.330 e. The van der Waals surface area contributed by atoms with Gasteiger partial charge in [0.1, 0.15) is 0 Å². The molecule has 0 radical (unpaired) electrons. The van der Waals surface area contributed by atoms with Gasteiger partial charge in [-0.3, -0.25) is 5.43 Å². The number of primary amides is 1. The van der Waals surface area contributed by atoms with Gasteiger partial charge in [-0.2, -0.15) is 0 Å². The van der Waals surface area contributed by atoms with E-state index in [-0.39, 0.29) is 0 Å². The number of nitrogens with two attached hydrogens (primary N) is 1. The van der Waals surface area contributed by atoms with Crippen molar-refractivity contribution in [2.75, 3.05) is 0 Å². The summed E-state index contributed by atoms with van der Waals surface area (Å²) in [5, 5.41) is 0. The van der Waals surface area contributed by atoms with Crippen molar-refractivity contribution in [1.29, 1.82) is 0 Å². The van der Waals surface area contributed by atoms with Gasteiger partial charge in [-0.15, -0.1) is 0 Å². The summed E-state index contributed by atoms with van der Waals surface area (Å²) in [5.41, 5.74) is 13.3. The molecular weight excluding hydrogens is 270 g/mol. The van der Waals surface area contributed by atoms with Gasteiger partial charge in [0.2, 0.25) is 0 Å². The van der Waals surface area contributed by atoms with Gasteiger partial charge in [0.15, 0.2) is 0 Å². The molecule has 4 bridgehead atoms. The Balaban J connectivity index is 1.85. The Morgan fingerprint density at radius 3 is 2.94 bits per heavy atom. The van der Waals surface area contributed by atoms with Crippen molar-refractivity contribution in [2.45, 2.75) is 30.5 Å². The fourth-order valence-electron chi connectivity index (χ4n) is 3.67. The number of allylic oxidation sites excluding steroid dienone is 2. The lowest BCUT2D eigenvalue weighted by molar-refractivity contribution is 0.155. The summed E-state index contributed by atoms with van der Waals surface area (Å²) >= 11 is 3.79. The Morgan fingerprint density at radius 2 is 2.19 bits per heavy atom. The van der Waals surface area contributed by atoms with Gasteiger partial charge in [0.25, 0.3) is 0 Å². The third kappa shape index (κ3) is 1.52. The molecule has 4 aliphatic rings. The van der Waals surface area contributed by atoms with Crippen LogP contribution in [0, 0.1) is 17.8 Å². The topological polar surface area (TPSA) is 67.2 Å². The number of carbonyl (C=O) groups is 1. The van der Waals surface area contributed by atoms with E-state index in [9.17, 15) is 4.79 Å². The number of carbonyl (C=O) groups excluding carboxylic acids is 1. The highest BCUT2D eigenvalue weighted by molar-refractivity contribution is 9.09. The molecule has 4 atom stereocenters. The predicted molar refractivity (Wildman–Crippen MR) is 64.5 cm³/mol. The Morgan fingerprint density at radius 1 is 1.38 bits per heavy atom. The summed E-state index contributed by atoms with van der Waals surface area (Å²) in [6, 6.07) is -0.520. The molecule has 0 aliphatic heterocycles. The van der Waals surface area contributed by atoms with E-state index in [1.54, 1.807) is 0 Å². The van der Waals surface area contributed by atoms with Crippen LogP contribution in [0.3, 0.4) is 0 Å². The number of nitrogens with one attached hydrogen (secondary N) is 2. The average Bonchev–Trinajstić information content (AvgIpc) is 2.23. The number of alkyl halides is 1. The van der Waals surface area contributed by atoms with Gasteiger partial charge < -0.3 is 11.2 Å². The minimum atomic E-state index is -0.520. The highest BCUT2D eigenvalue weighted by atomic mass is 79.9. The SMILES string of the molecule is NC(=O)NNC1=C2C[C@H]3C[C@@H]1C[C@H](C3)[C@H]2Br. The number of hydrogen-bond donors (Lipinski definition) is 3. The summed E-state index contributed by atoms with van der Waals surface area (Å²) < 4.78 is 0. The van der Waals surface area contributed by atoms with Crippen molar-refractivity contribution in [2.24, 2.45) is 23.5 Å². The molecule has 88 valence electrons. The van der Waals surface area contributed by atoms with Crippen LogP contribution in [0.2, 0.25) is 0 Å². The van der Waals surface area contributed by atoms with Crippen molar-refractivity contribution in [1.82, 2.24) is 10.9 Å². The Kier molecular flexibility index (Phi) is 2.38. The van der Waals surface area contributed by atoms with E-state index in [1.165, 1.54) is 37.0 Å². The van der Waals surface area contributed by atoms with Gasteiger partial charge in [-0.25, -0.2) is 4.79 Å². The summed E-state index contributed by atoms with van der Waals surface area (Å²) in [6.07, 6.45) is 5.04. The molecule has 2 amide bonds. The van der Waals surface area contributed by atoms with E-state index in [2.05, 4.69) is 26.8 Å². The third-order valence-corrected chi connectivity index (χ3v) is 5.47. The summed E-state index contributed by atoms with van der Waals surface area (Å²) in [6.45, 7) is 0. The first-order valence-corrected chi connectivity index (χ1v) is 6.75. The molecule has 0 aromatic heterocycles. The van der Waals surface area contributed by atoms with Crippen LogP contribution in [0.25, 0.3) is 0 Å². The number of hydrazine groups is 1. The summed E-state index contributed by atoms with van der Waals surface area (Å²) in [4.78, 5) is 11.2. The molecule has 2 fully saturated rings. The first kappa shape index (κ1) is 10.4. The predicted octanol–water partition coefficient (Wildman–Crippen LogP) is 1.63. The number of rotatable bonds is 2. The average molecular weight is 286 g/mol. The Hall–Kier alpha value is -0.710. The number of amides is 2. The van der Waals surface area contributed by atoms with Gasteiger partial charge in [0.05, 0.1) is 0 Å². The molecule has 0 heterocycles. The highest BCUT2D eigenvalue weighted by Gasteiger charge is 2.46. The Labute approximate surface area is 103 Å². The lowest BCUT2D eigenvalue weighted by Crippen LogP contribution is -2.49. The van der Waals surface area contributed by atoms with Crippen LogP contribution >= 0.6 is 15.9 Å². The molecule has 2 saturated carbocycles. The Bertz CT molecular complexity index is 368. The minimum absolute atomic E-state index is 0.498. The largest absolute Gasteiger partial charge is 0.350 e. The van der Waals surface area contributed by atoms with Crippen molar-refractivity contribution in [3.63, 3.8) is 0 Å². The van der Waals surface area contributed by atoms with Gasteiger partial charge in [0, 0.05) is 16.4 Å². The van der Waals surface area contributed by atoms with Crippen LogP contribution in [0.5, 0.6) is 0 Å². The molecule has 0 saturated heterocycles. The van der Waals surface area contributed by atoms with Crippen molar-refractivity contribution in [3.05, 3.63) is 11.3 Å². The molecule has 4 rings (SSSR count). The number of hydrogen-bond acceptors (Lipinski definition) is 2. The van der Waals surface area contributed by atoms with Crippen molar-refractivity contribution in [3.8, 4) is 0 Å². The van der Waals surface area contributed by atoms with Gasteiger partial charge >= 0.3 is 6.03 Å². The highest BCUT2D eigenvalue weighted by Crippen LogP contribution is 2.54. The smallest absolute Gasteiger partial charge is 0.330 e. The molecule has 0 aromatic carbocycles. The van der Waals surface area contributed by atoms with Gasteiger partial charge in [-0.1, -0.05) is 15.9 Å². The van der Waals surface area contributed by atoms with Crippen LogP contribution in [0.1, 0.15) is 25.7 Å². The van der Waals surface area contributed by atoms with E-state index in [1.807, 2.05) is 0 Å². The lowest BCUT2D eigenvalue weighted by Gasteiger charge is -2.50. The molecule has 0 unspecified atom stereocenters. The van der Waals surface area contributed by atoms with E-state index in [4.69, 9.17) is 5.73 Å². The zero-order valence-electron chi connectivity index (χ0n) is 9.00. The van der Waals surface area contributed by atoms with Gasteiger partial charge in [-0.05, 0) is 43.1 Å². The molecule has 4 aliphatic carbocycles. The van der Waals surface area contributed by atoms with E-state index in [0.717, 1.165) is 11.8 Å². The van der Waals surface area contributed by atoms with Crippen LogP contribution in [0.15, 0.2) is 11.3 Å². The van der Waals surface area contributed by atoms with Crippen LogP contribution in [-0.4, -0.2) is 10.9 Å². The second-order valence-corrected chi connectivity index (χ2v) is 6.18. The standard InChI is InChI=1S/C11H16BrN3O/c12-9-6-1-5-2-7(4-6)10(8(9)3-5)14-15-11(13)16/h5-7,9,14H,1-4H2,(H3,13,15,16)/t5-,6+,7-,9-/m1/s1. The third-order valence-electron chi connectivity index (χ3n) is 4.17. The van der Waals surface area contributed by atoms with E-state index < -0.39 is 6.03 Å². The second kappa shape index (κ2) is 3.65. The number of halogens is 1. The maximum atomic E-state index is 10.7. The van der Waals surface area contributed by atoms with Crippen LogP contribution in [-0.2, 0) is 0 Å². The molecule has 5 heteroatoms. The summed E-state index contributed by atoms with van der Waals surface area (Å²) in [7, 11) is 0. The van der Waals surface area contributed by atoms with Crippen molar-refractivity contribution < 1.29 is 4.79 Å². The molecule has 0 spiro atoms. The normalized spacial score (nSPS) is 40.1.